The van der Waals surface area contributed by atoms with E-state index in [9.17, 15) is 9.59 Å². The minimum Gasteiger partial charge on any atom is -0.480 e. The number of rotatable bonds is 6. The van der Waals surface area contributed by atoms with Crippen LogP contribution in [0.25, 0.3) is 0 Å². The highest BCUT2D eigenvalue weighted by Crippen LogP contribution is 2.25. The summed E-state index contributed by atoms with van der Waals surface area (Å²) in [5.41, 5.74) is 0. The van der Waals surface area contributed by atoms with Crippen LogP contribution in [0.4, 0.5) is 0 Å². The summed E-state index contributed by atoms with van der Waals surface area (Å²) in [6.07, 6.45) is 2.50. The molecular weight excluding hydrogens is 242 g/mol. The Morgan fingerprint density at radius 1 is 1.35 bits per heavy atom. The zero-order valence-corrected chi connectivity index (χ0v) is 10.5. The van der Waals surface area contributed by atoms with Crippen molar-refractivity contribution in [2.45, 2.75) is 31.7 Å². The Bertz CT molecular complexity index is 266. The van der Waals surface area contributed by atoms with Gasteiger partial charge in [-0.1, -0.05) is 0 Å². The Morgan fingerprint density at radius 2 is 2.00 bits per heavy atom. The molecule has 1 heterocycles. The number of nitrogens with one attached hydrogen (secondary N) is 1. The third-order valence-electron chi connectivity index (χ3n) is 2.87. The summed E-state index contributed by atoms with van der Waals surface area (Å²) in [5.74, 6) is 1.22. The molecule has 6 heteroatoms. The van der Waals surface area contributed by atoms with Crippen LogP contribution in [0.3, 0.4) is 0 Å². The average Bonchev–Trinajstić information content (AvgIpc) is 2.29. The summed E-state index contributed by atoms with van der Waals surface area (Å²) in [4.78, 5) is 22.4. The molecule has 0 bridgehead atoms. The quantitative estimate of drug-likeness (QED) is 0.647. The van der Waals surface area contributed by atoms with Crippen molar-refractivity contribution in [3.63, 3.8) is 0 Å². The lowest BCUT2D eigenvalue weighted by molar-refractivity contribution is -0.142. The SMILES string of the molecule is O=C(CC1CCSCC1)N[C@@H](CCO)C(=O)O. The number of thioether (sulfide) groups is 1. The second-order valence-electron chi connectivity index (χ2n) is 4.23. The fourth-order valence-electron chi connectivity index (χ4n) is 1.85. The molecule has 0 aliphatic carbocycles. The molecule has 0 unspecified atom stereocenters. The van der Waals surface area contributed by atoms with Gasteiger partial charge in [0.05, 0.1) is 0 Å². The van der Waals surface area contributed by atoms with Crippen LogP contribution in [0.1, 0.15) is 25.7 Å². The molecule has 0 aromatic carbocycles. The van der Waals surface area contributed by atoms with Crippen molar-refractivity contribution >= 4 is 23.6 Å². The van der Waals surface area contributed by atoms with E-state index in [0.29, 0.717) is 12.3 Å². The van der Waals surface area contributed by atoms with E-state index in [1.165, 1.54) is 0 Å². The molecule has 1 aliphatic heterocycles. The summed E-state index contributed by atoms with van der Waals surface area (Å²) in [7, 11) is 0. The predicted molar refractivity (Wildman–Crippen MR) is 65.9 cm³/mol. The number of aliphatic hydroxyl groups is 1. The number of carbonyl (C=O) groups is 2. The van der Waals surface area contributed by atoms with Gasteiger partial charge in [0.25, 0.3) is 0 Å². The first-order valence-corrected chi connectivity index (χ1v) is 6.99. The van der Waals surface area contributed by atoms with Crippen LogP contribution in [0, 0.1) is 5.92 Å². The van der Waals surface area contributed by atoms with E-state index >= 15 is 0 Å². The molecule has 1 saturated heterocycles. The number of carboxylic acid groups (broad SMARTS) is 1. The molecule has 17 heavy (non-hydrogen) atoms. The van der Waals surface area contributed by atoms with Crippen LogP contribution in [-0.4, -0.2) is 46.2 Å². The number of aliphatic carboxylic acids is 1. The van der Waals surface area contributed by atoms with Gasteiger partial charge in [0, 0.05) is 19.4 Å². The highest BCUT2D eigenvalue weighted by atomic mass is 32.2. The molecule has 1 rings (SSSR count). The number of carboxylic acids is 1. The van der Waals surface area contributed by atoms with Crippen molar-refractivity contribution in [1.82, 2.24) is 5.32 Å². The van der Waals surface area contributed by atoms with E-state index in [-0.39, 0.29) is 18.9 Å². The van der Waals surface area contributed by atoms with E-state index in [0.717, 1.165) is 24.3 Å². The maximum atomic E-state index is 11.6. The third-order valence-corrected chi connectivity index (χ3v) is 3.91. The van der Waals surface area contributed by atoms with Crippen LogP contribution in [0.15, 0.2) is 0 Å². The molecule has 98 valence electrons. The summed E-state index contributed by atoms with van der Waals surface area (Å²) in [5, 5.41) is 20.0. The topological polar surface area (TPSA) is 86.6 Å². The first-order chi connectivity index (χ1) is 8.13. The molecule has 0 radical (unpaired) electrons. The van der Waals surface area contributed by atoms with Crippen molar-refractivity contribution in [3.05, 3.63) is 0 Å². The second-order valence-corrected chi connectivity index (χ2v) is 5.46. The zero-order valence-electron chi connectivity index (χ0n) is 9.72. The lowest BCUT2D eigenvalue weighted by Crippen LogP contribution is -2.42. The Balaban J connectivity index is 2.33. The number of hydrogen-bond donors (Lipinski definition) is 3. The summed E-state index contributed by atoms with van der Waals surface area (Å²) in [6.45, 7) is -0.239. The van der Waals surface area contributed by atoms with E-state index in [1.807, 2.05) is 11.8 Å². The molecule has 3 N–H and O–H groups in total. The van der Waals surface area contributed by atoms with Gasteiger partial charge >= 0.3 is 5.97 Å². The Kier molecular flexibility index (Phi) is 6.36. The van der Waals surface area contributed by atoms with Gasteiger partial charge in [-0.3, -0.25) is 4.79 Å². The van der Waals surface area contributed by atoms with Gasteiger partial charge in [-0.2, -0.15) is 11.8 Å². The smallest absolute Gasteiger partial charge is 0.326 e. The van der Waals surface area contributed by atoms with Gasteiger partial charge in [0.1, 0.15) is 6.04 Å². The van der Waals surface area contributed by atoms with E-state index in [4.69, 9.17) is 10.2 Å². The van der Waals surface area contributed by atoms with Crippen LogP contribution in [-0.2, 0) is 9.59 Å². The van der Waals surface area contributed by atoms with Gasteiger partial charge in [-0.25, -0.2) is 4.79 Å². The molecule has 0 saturated carbocycles. The highest BCUT2D eigenvalue weighted by molar-refractivity contribution is 7.99. The van der Waals surface area contributed by atoms with Crippen molar-refractivity contribution in [3.8, 4) is 0 Å². The van der Waals surface area contributed by atoms with Crippen LogP contribution < -0.4 is 5.32 Å². The fraction of sp³-hybridized carbons (Fsp3) is 0.818. The summed E-state index contributed by atoms with van der Waals surface area (Å²) in [6, 6.07) is -0.967. The van der Waals surface area contributed by atoms with Crippen LogP contribution in [0.5, 0.6) is 0 Å². The maximum absolute atomic E-state index is 11.6. The lowest BCUT2D eigenvalue weighted by Gasteiger charge is -2.21. The molecule has 0 spiro atoms. The highest BCUT2D eigenvalue weighted by Gasteiger charge is 2.22. The maximum Gasteiger partial charge on any atom is 0.326 e. The molecule has 0 aromatic heterocycles. The molecular formula is C11H19NO4S. The molecule has 1 aliphatic rings. The molecule has 1 fully saturated rings. The summed E-state index contributed by atoms with van der Waals surface area (Å²) < 4.78 is 0. The molecule has 5 nitrogen and oxygen atoms in total. The first kappa shape index (κ1) is 14.3. The summed E-state index contributed by atoms with van der Waals surface area (Å²) >= 11 is 1.89. The van der Waals surface area contributed by atoms with Gasteiger partial charge in [-0.05, 0) is 30.3 Å². The van der Waals surface area contributed by atoms with E-state index < -0.39 is 12.0 Å². The number of amides is 1. The molecule has 1 amide bonds. The number of carbonyl (C=O) groups excluding carboxylic acids is 1. The Morgan fingerprint density at radius 3 is 2.53 bits per heavy atom. The zero-order chi connectivity index (χ0) is 12.7. The number of aliphatic hydroxyl groups excluding tert-OH is 1. The largest absolute Gasteiger partial charge is 0.480 e. The minimum absolute atomic E-state index is 0.0571. The molecule has 1 atom stereocenters. The van der Waals surface area contributed by atoms with Gasteiger partial charge in [-0.15, -0.1) is 0 Å². The van der Waals surface area contributed by atoms with Crippen molar-refractivity contribution in [2.24, 2.45) is 5.92 Å². The normalized spacial score (nSPS) is 18.6. The van der Waals surface area contributed by atoms with Gasteiger partial charge < -0.3 is 15.5 Å². The van der Waals surface area contributed by atoms with E-state index in [2.05, 4.69) is 5.32 Å². The van der Waals surface area contributed by atoms with Gasteiger partial charge in [0.2, 0.25) is 5.91 Å². The standard InChI is InChI=1S/C11H19NO4S/c13-4-1-9(11(15)16)12-10(14)7-8-2-5-17-6-3-8/h8-9,13H,1-7H2,(H,12,14)(H,15,16)/t9-/m0/s1. The monoisotopic (exact) mass is 261 g/mol. The second kappa shape index (κ2) is 7.55. The Hall–Kier alpha value is -0.750. The number of hydrogen-bond acceptors (Lipinski definition) is 4. The third kappa shape index (κ3) is 5.41. The van der Waals surface area contributed by atoms with Crippen molar-refractivity contribution in [2.75, 3.05) is 18.1 Å². The minimum atomic E-state index is -1.09. The van der Waals surface area contributed by atoms with Crippen molar-refractivity contribution in [1.29, 1.82) is 0 Å². The van der Waals surface area contributed by atoms with Crippen LogP contribution in [0.2, 0.25) is 0 Å². The molecule has 0 aromatic rings. The predicted octanol–water partition coefficient (Wildman–Crippen LogP) is 0.471. The van der Waals surface area contributed by atoms with Crippen LogP contribution >= 0.6 is 11.8 Å². The fourth-order valence-corrected chi connectivity index (χ4v) is 3.06. The average molecular weight is 261 g/mol. The Labute approximate surface area is 105 Å². The van der Waals surface area contributed by atoms with E-state index in [1.54, 1.807) is 0 Å². The van der Waals surface area contributed by atoms with Crippen molar-refractivity contribution < 1.29 is 19.8 Å². The first-order valence-electron chi connectivity index (χ1n) is 5.84. The van der Waals surface area contributed by atoms with Gasteiger partial charge in [0.15, 0.2) is 0 Å². The lowest BCUT2D eigenvalue weighted by atomic mass is 9.98.